The lowest BCUT2D eigenvalue weighted by Gasteiger charge is -2.24. The number of amides is 1. The van der Waals surface area contributed by atoms with Gasteiger partial charge in [0.1, 0.15) is 0 Å². The molecule has 0 fully saturated rings. The molecule has 0 saturated carbocycles. The summed E-state index contributed by atoms with van der Waals surface area (Å²) in [4.78, 5) is 12.3. The van der Waals surface area contributed by atoms with Gasteiger partial charge in [0.15, 0.2) is 5.82 Å². The van der Waals surface area contributed by atoms with Crippen LogP contribution in [0.4, 0.5) is 11.5 Å². The van der Waals surface area contributed by atoms with Crippen molar-refractivity contribution < 1.29 is 4.79 Å². The van der Waals surface area contributed by atoms with Crippen molar-refractivity contribution in [2.45, 2.75) is 19.8 Å². The van der Waals surface area contributed by atoms with Crippen molar-refractivity contribution in [1.82, 2.24) is 10.2 Å². The molecule has 1 aromatic carbocycles. The third kappa shape index (κ3) is 2.52. The van der Waals surface area contributed by atoms with Gasteiger partial charge >= 0.3 is 0 Å². The van der Waals surface area contributed by atoms with Crippen molar-refractivity contribution in [3.63, 3.8) is 0 Å². The highest BCUT2D eigenvalue weighted by Crippen LogP contribution is 2.24. The molecule has 1 unspecified atom stereocenters. The Kier molecular flexibility index (Phi) is 3.41. The summed E-state index contributed by atoms with van der Waals surface area (Å²) >= 11 is 0. The molecule has 0 aliphatic carbocycles. The molecule has 0 saturated heterocycles. The van der Waals surface area contributed by atoms with E-state index in [4.69, 9.17) is 0 Å². The van der Waals surface area contributed by atoms with Crippen LogP contribution in [0.3, 0.4) is 0 Å². The highest BCUT2D eigenvalue weighted by molar-refractivity contribution is 5.92. The first kappa shape index (κ1) is 12.7. The van der Waals surface area contributed by atoms with Gasteiger partial charge in [-0.2, -0.15) is 5.10 Å². The number of benzene rings is 1. The lowest BCUT2D eigenvalue weighted by atomic mass is 9.93. The van der Waals surface area contributed by atoms with Crippen LogP contribution in [0.25, 0.3) is 0 Å². The molecule has 1 aromatic heterocycles. The maximum atomic E-state index is 12.3. The molecule has 3 N–H and O–H groups in total. The number of hydrogen-bond donors (Lipinski definition) is 3. The predicted octanol–water partition coefficient (Wildman–Crippen LogP) is 2.19. The standard InChI is InChI=1S/C15H18N4O/c1-2-12-8-14(19-18-12)17-15(20)11-7-10-5-3-4-6-13(10)16-9-11/h3-6,8,11,16H,2,7,9H2,1H3,(H2,17,18,19,20). The number of rotatable bonds is 3. The number of carbonyl (C=O) groups excluding carboxylic acids is 1. The van der Waals surface area contributed by atoms with Crippen LogP contribution in [-0.4, -0.2) is 22.6 Å². The van der Waals surface area contributed by atoms with E-state index in [1.165, 1.54) is 5.56 Å². The van der Waals surface area contributed by atoms with E-state index >= 15 is 0 Å². The average Bonchev–Trinajstić information content (AvgIpc) is 2.94. The molecule has 5 nitrogen and oxygen atoms in total. The zero-order valence-electron chi connectivity index (χ0n) is 11.4. The molecule has 0 bridgehead atoms. The third-order valence-electron chi connectivity index (χ3n) is 3.66. The quantitative estimate of drug-likeness (QED) is 0.800. The van der Waals surface area contributed by atoms with Gasteiger partial charge in [0.05, 0.1) is 5.92 Å². The Bertz CT molecular complexity index is 620. The molecule has 1 aliphatic rings. The van der Waals surface area contributed by atoms with Crippen LogP contribution in [0.15, 0.2) is 30.3 Å². The third-order valence-corrected chi connectivity index (χ3v) is 3.66. The van der Waals surface area contributed by atoms with Gasteiger partial charge in [-0.25, -0.2) is 0 Å². The normalized spacial score (nSPS) is 17.1. The number of aromatic nitrogens is 2. The summed E-state index contributed by atoms with van der Waals surface area (Å²) < 4.78 is 0. The van der Waals surface area contributed by atoms with Gasteiger partial charge < -0.3 is 10.6 Å². The first-order valence-corrected chi connectivity index (χ1v) is 6.93. The molecule has 1 amide bonds. The SMILES string of the molecule is CCc1cc(NC(=O)C2CNc3ccccc3C2)n[nH]1. The molecular formula is C15H18N4O. The van der Waals surface area contributed by atoms with E-state index in [2.05, 4.69) is 26.9 Å². The zero-order chi connectivity index (χ0) is 13.9. The fourth-order valence-electron chi connectivity index (χ4n) is 2.46. The van der Waals surface area contributed by atoms with Gasteiger partial charge in [-0.05, 0) is 24.5 Å². The second-order valence-electron chi connectivity index (χ2n) is 5.06. The van der Waals surface area contributed by atoms with Crippen LogP contribution in [0, 0.1) is 5.92 Å². The lowest BCUT2D eigenvalue weighted by molar-refractivity contribution is -0.119. The van der Waals surface area contributed by atoms with Crippen LogP contribution >= 0.6 is 0 Å². The van der Waals surface area contributed by atoms with Gasteiger partial charge in [0, 0.05) is 24.0 Å². The molecule has 5 heteroatoms. The van der Waals surface area contributed by atoms with E-state index in [0.717, 1.165) is 24.2 Å². The van der Waals surface area contributed by atoms with Gasteiger partial charge in [0.25, 0.3) is 0 Å². The Morgan fingerprint density at radius 1 is 1.45 bits per heavy atom. The van der Waals surface area contributed by atoms with E-state index in [-0.39, 0.29) is 11.8 Å². The Hall–Kier alpha value is -2.30. The number of nitrogens with zero attached hydrogens (tertiary/aromatic N) is 1. The number of hydrogen-bond acceptors (Lipinski definition) is 3. The van der Waals surface area contributed by atoms with Crippen molar-refractivity contribution in [1.29, 1.82) is 0 Å². The average molecular weight is 270 g/mol. The number of nitrogens with one attached hydrogen (secondary N) is 3. The molecule has 2 aromatic rings. The Morgan fingerprint density at radius 2 is 2.30 bits per heavy atom. The summed E-state index contributed by atoms with van der Waals surface area (Å²) in [5, 5.41) is 13.2. The second-order valence-corrected chi connectivity index (χ2v) is 5.06. The van der Waals surface area contributed by atoms with Crippen LogP contribution < -0.4 is 10.6 Å². The molecular weight excluding hydrogens is 252 g/mol. The molecule has 2 heterocycles. The van der Waals surface area contributed by atoms with Crippen molar-refractivity contribution in [2.24, 2.45) is 5.92 Å². The Labute approximate surface area is 117 Å². The number of carbonyl (C=O) groups is 1. The Morgan fingerprint density at radius 3 is 3.10 bits per heavy atom. The van der Waals surface area contributed by atoms with Crippen LogP contribution in [0.2, 0.25) is 0 Å². The molecule has 0 spiro atoms. The van der Waals surface area contributed by atoms with Gasteiger partial charge in [-0.1, -0.05) is 25.1 Å². The summed E-state index contributed by atoms with van der Waals surface area (Å²) in [5.41, 5.74) is 3.34. The molecule has 20 heavy (non-hydrogen) atoms. The summed E-state index contributed by atoms with van der Waals surface area (Å²) in [6.07, 6.45) is 1.64. The molecule has 3 rings (SSSR count). The molecule has 104 valence electrons. The smallest absolute Gasteiger partial charge is 0.230 e. The van der Waals surface area contributed by atoms with Crippen molar-refractivity contribution >= 4 is 17.4 Å². The van der Waals surface area contributed by atoms with Crippen LogP contribution in [0.1, 0.15) is 18.2 Å². The molecule has 1 aliphatic heterocycles. The highest BCUT2D eigenvalue weighted by atomic mass is 16.2. The van der Waals surface area contributed by atoms with Crippen molar-refractivity contribution in [2.75, 3.05) is 17.2 Å². The van der Waals surface area contributed by atoms with E-state index in [9.17, 15) is 4.79 Å². The minimum Gasteiger partial charge on any atom is -0.384 e. The fraction of sp³-hybridized carbons (Fsp3) is 0.333. The van der Waals surface area contributed by atoms with E-state index in [1.54, 1.807) is 0 Å². The monoisotopic (exact) mass is 270 g/mol. The summed E-state index contributed by atoms with van der Waals surface area (Å²) in [6, 6.07) is 9.99. The topological polar surface area (TPSA) is 69.8 Å². The minimum absolute atomic E-state index is 0.0150. The minimum atomic E-state index is -0.0633. The Balaban J connectivity index is 1.67. The zero-order valence-corrected chi connectivity index (χ0v) is 11.4. The summed E-state index contributed by atoms with van der Waals surface area (Å²) in [6.45, 7) is 2.70. The largest absolute Gasteiger partial charge is 0.384 e. The van der Waals surface area contributed by atoms with E-state index in [0.29, 0.717) is 12.4 Å². The van der Waals surface area contributed by atoms with E-state index < -0.39 is 0 Å². The van der Waals surface area contributed by atoms with Gasteiger partial charge in [-0.3, -0.25) is 9.89 Å². The van der Waals surface area contributed by atoms with Crippen molar-refractivity contribution in [3.05, 3.63) is 41.6 Å². The van der Waals surface area contributed by atoms with Crippen molar-refractivity contribution in [3.8, 4) is 0 Å². The highest BCUT2D eigenvalue weighted by Gasteiger charge is 2.24. The van der Waals surface area contributed by atoms with E-state index in [1.807, 2.05) is 31.2 Å². The first-order valence-electron chi connectivity index (χ1n) is 6.93. The van der Waals surface area contributed by atoms with Gasteiger partial charge in [-0.15, -0.1) is 0 Å². The maximum absolute atomic E-state index is 12.3. The molecule has 1 atom stereocenters. The number of anilines is 2. The second kappa shape index (κ2) is 5.36. The summed E-state index contributed by atoms with van der Waals surface area (Å²) in [5.74, 6) is 0.554. The summed E-state index contributed by atoms with van der Waals surface area (Å²) in [7, 11) is 0. The fourth-order valence-corrected chi connectivity index (χ4v) is 2.46. The van der Waals surface area contributed by atoms with Crippen LogP contribution in [-0.2, 0) is 17.6 Å². The first-order chi connectivity index (χ1) is 9.76. The number of H-pyrrole nitrogens is 1. The lowest BCUT2D eigenvalue weighted by Crippen LogP contribution is -2.33. The number of fused-ring (bicyclic) bond motifs is 1. The predicted molar refractivity (Wildman–Crippen MR) is 78.7 cm³/mol. The van der Waals surface area contributed by atoms with Crippen LogP contribution in [0.5, 0.6) is 0 Å². The number of para-hydroxylation sites is 1. The number of aromatic amines is 1. The maximum Gasteiger partial charge on any atom is 0.230 e. The molecule has 0 radical (unpaired) electrons. The number of aryl methyl sites for hydroxylation is 1. The van der Waals surface area contributed by atoms with Gasteiger partial charge in [0.2, 0.25) is 5.91 Å².